The van der Waals surface area contributed by atoms with E-state index in [2.05, 4.69) is 4.99 Å². The van der Waals surface area contributed by atoms with Crippen molar-refractivity contribution in [3.63, 3.8) is 0 Å². The maximum absolute atomic E-state index is 12.3. The third kappa shape index (κ3) is 4.46. The highest BCUT2D eigenvalue weighted by atomic mass is 35.5. The smallest absolute Gasteiger partial charge is 0.262 e. The van der Waals surface area contributed by atoms with Crippen molar-refractivity contribution in [2.45, 2.75) is 18.2 Å². The van der Waals surface area contributed by atoms with Crippen LogP contribution in [0.1, 0.15) is 5.56 Å². The summed E-state index contributed by atoms with van der Waals surface area (Å²) in [4.78, 5) is 17.8. The molecule has 2 aromatic carbocycles. The molecule has 4 rings (SSSR count). The molecule has 6 nitrogen and oxygen atoms in total. The van der Waals surface area contributed by atoms with Crippen LogP contribution in [0.15, 0.2) is 47.5 Å². The van der Waals surface area contributed by atoms with Gasteiger partial charge >= 0.3 is 0 Å². The molecular weight excluding hydrogens is 467 g/mol. The van der Waals surface area contributed by atoms with Gasteiger partial charge in [-0.05, 0) is 42.8 Å². The number of aryl methyl sites for hydroxylation is 1. The lowest BCUT2D eigenvalue weighted by Gasteiger charge is -2.26. The number of anilines is 1. The number of carbonyl (C=O) groups is 1. The van der Waals surface area contributed by atoms with Crippen LogP contribution in [0.2, 0.25) is 5.02 Å². The van der Waals surface area contributed by atoms with E-state index in [1.165, 1.54) is 11.8 Å². The van der Waals surface area contributed by atoms with Crippen LogP contribution < -0.4 is 9.64 Å². The van der Waals surface area contributed by atoms with Gasteiger partial charge in [-0.15, -0.1) is 11.6 Å². The normalized spacial score (nSPS) is 23.6. The fraction of sp³-hybridized carbons (Fsp3) is 0.300. The van der Waals surface area contributed by atoms with Gasteiger partial charge in [-0.3, -0.25) is 4.79 Å². The van der Waals surface area contributed by atoms with Gasteiger partial charge in [-0.1, -0.05) is 35.5 Å². The number of thioether (sulfide) groups is 1. The van der Waals surface area contributed by atoms with Crippen LogP contribution in [-0.4, -0.2) is 48.2 Å². The summed E-state index contributed by atoms with van der Waals surface area (Å²) in [5, 5.41) is 0.628. The Morgan fingerprint density at radius 2 is 2.07 bits per heavy atom. The number of aliphatic imine (C=N–C) groups is 1. The van der Waals surface area contributed by atoms with Gasteiger partial charge in [0.15, 0.2) is 20.8 Å². The largest absolute Gasteiger partial charge is 0.455 e. The zero-order chi connectivity index (χ0) is 21.5. The average molecular weight is 485 g/mol. The monoisotopic (exact) mass is 484 g/mol. The van der Waals surface area contributed by atoms with Gasteiger partial charge in [0.25, 0.3) is 5.91 Å². The number of ether oxygens (including phenoxy) is 1. The van der Waals surface area contributed by atoms with Gasteiger partial charge in [0.05, 0.1) is 23.2 Å². The molecule has 0 spiro atoms. The lowest BCUT2D eigenvalue weighted by Crippen LogP contribution is -2.38. The Balaban J connectivity index is 1.80. The molecule has 2 aromatic rings. The van der Waals surface area contributed by atoms with Crippen LogP contribution in [0.4, 0.5) is 5.69 Å². The minimum atomic E-state index is -3.19. The molecule has 1 amide bonds. The number of carbonyl (C=O) groups excluding carboxylic acids is 1. The van der Waals surface area contributed by atoms with Gasteiger partial charge < -0.3 is 9.64 Å². The Morgan fingerprint density at radius 3 is 2.80 bits per heavy atom. The molecule has 2 aliphatic heterocycles. The van der Waals surface area contributed by atoms with Gasteiger partial charge in [0.1, 0.15) is 11.6 Å². The van der Waals surface area contributed by atoms with E-state index in [1.807, 2.05) is 31.2 Å². The van der Waals surface area contributed by atoms with E-state index in [-0.39, 0.29) is 28.7 Å². The Kier molecular flexibility index (Phi) is 6.03. The highest BCUT2D eigenvalue weighted by Crippen LogP contribution is 2.45. The van der Waals surface area contributed by atoms with Gasteiger partial charge in [-0.25, -0.2) is 8.42 Å². The first-order valence-corrected chi connectivity index (χ1v) is 12.7. The average Bonchev–Trinajstić information content (AvgIpc) is 3.14. The zero-order valence-corrected chi connectivity index (χ0v) is 19.1. The first kappa shape index (κ1) is 21.5. The van der Waals surface area contributed by atoms with Crippen molar-refractivity contribution in [3.8, 4) is 11.5 Å². The molecule has 0 N–H and O–H groups in total. The number of hydrogen-bond acceptors (Lipinski definition) is 5. The van der Waals surface area contributed by atoms with Gasteiger partial charge in [0.2, 0.25) is 0 Å². The second-order valence-electron chi connectivity index (χ2n) is 7.12. The molecule has 0 aromatic heterocycles. The molecule has 2 atom stereocenters. The highest BCUT2D eigenvalue weighted by molar-refractivity contribution is 8.16. The first-order chi connectivity index (χ1) is 14.3. The lowest BCUT2D eigenvalue weighted by atomic mass is 10.2. The summed E-state index contributed by atoms with van der Waals surface area (Å²) in [5.41, 5.74) is 1.60. The minimum Gasteiger partial charge on any atom is -0.455 e. The molecule has 158 valence electrons. The molecule has 0 unspecified atom stereocenters. The Morgan fingerprint density at radius 1 is 1.27 bits per heavy atom. The fourth-order valence-corrected chi connectivity index (χ4v) is 7.70. The number of benzene rings is 2. The molecule has 2 aliphatic rings. The van der Waals surface area contributed by atoms with E-state index in [0.717, 1.165) is 5.56 Å². The number of amidine groups is 1. The fourth-order valence-electron chi connectivity index (χ4n) is 3.55. The molecule has 30 heavy (non-hydrogen) atoms. The van der Waals surface area contributed by atoms with Crippen molar-refractivity contribution in [2.24, 2.45) is 4.99 Å². The summed E-state index contributed by atoms with van der Waals surface area (Å²) < 4.78 is 30.6. The van der Waals surface area contributed by atoms with E-state index in [9.17, 15) is 13.2 Å². The number of fused-ring (bicyclic) bond motifs is 1. The van der Waals surface area contributed by atoms with Crippen molar-refractivity contribution in [2.75, 3.05) is 22.3 Å². The quantitative estimate of drug-likeness (QED) is 0.602. The Bertz CT molecular complexity index is 1140. The standard InChI is InChI=1S/C20H18Cl2N2O4S2/c1-12-3-2-4-14(7-12)28-17-6-5-13(22)8-15(17)24-16-10-30(26,27)11-18(16)29-20(24)23-19(25)9-21/h2-8,16,18H,9-11H2,1H3/t16-,18+/m0/s1. The van der Waals surface area contributed by atoms with Crippen molar-refractivity contribution < 1.29 is 17.9 Å². The van der Waals surface area contributed by atoms with Crippen LogP contribution in [0, 0.1) is 6.92 Å². The van der Waals surface area contributed by atoms with E-state index in [1.54, 1.807) is 23.1 Å². The highest BCUT2D eigenvalue weighted by Gasteiger charge is 2.50. The first-order valence-electron chi connectivity index (χ1n) is 9.13. The van der Waals surface area contributed by atoms with Crippen LogP contribution in [-0.2, 0) is 14.6 Å². The number of amides is 1. The summed E-state index contributed by atoms with van der Waals surface area (Å²) in [6.07, 6.45) is 0. The number of sulfone groups is 1. The Labute approximate surface area is 189 Å². The number of halogens is 2. The molecule has 0 aliphatic carbocycles. The van der Waals surface area contributed by atoms with E-state index in [0.29, 0.717) is 27.4 Å². The number of rotatable bonds is 4. The maximum atomic E-state index is 12.3. The number of nitrogens with zero attached hydrogens (tertiary/aromatic N) is 2. The second kappa shape index (κ2) is 8.42. The Hall–Kier alpha value is -1.74. The van der Waals surface area contributed by atoms with Crippen LogP contribution >= 0.6 is 35.0 Å². The van der Waals surface area contributed by atoms with Gasteiger partial charge in [0, 0.05) is 10.3 Å². The van der Waals surface area contributed by atoms with Crippen molar-refractivity contribution in [1.29, 1.82) is 0 Å². The van der Waals surface area contributed by atoms with E-state index in [4.69, 9.17) is 27.9 Å². The summed E-state index contributed by atoms with van der Waals surface area (Å²) >= 11 is 13.2. The third-order valence-electron chi connectivity index (χ3n) is 4.80. The molecule has 0 radical (unpaired) electrons. The molecule has 2 fully saturated rings. The molecule has 0 bridgehead atoms. The molecule has 2 saturated heterocycles. The molecular formula is C20H18Cl2N2O4S2. The molecule has 10 heteroatoms. The summed E-state index contributed by atoms with van der Waals surface area (Å²) in [6, 6.07) is 12.3. The van der Waals surface area contributed by atoms with E-state index < -0.39 is 15.7 Å². The SMILES string of the molecule is Cc1cccc(Oc2ccc(Cl)cc2N2C(=NC(=O)CCl)S[C@@H]3CS(=O)(=O)C[C@@H]32)c1. The number of hydrogen-bond donors (Lipinski definition) is 0. The number of alkyl halides is 1. The minimum absolute atomic E-state index is 0.0293. The van der Waals surface area contributed by atoms with Crippen molar-refractivity contribution in [3.05, 3.63) is 53.1 Å². The summed E-state index contributed by atoms with van der Waals surface area (Å²) in [7, 11) is -3.19. The second-order valence-corrected chi connectivity index (χ2v) is 11.2. The van der Waals surface area contributed by atoms with Crippen LogP contribution in [0.5, 0.6) is 11.5 Å². The van der Waals surface area contributed by atoms with Crippen molar-refractivity contribution in [1.82, 2.24) is 0 Å². The van der Waals surface area contributed by atoms with Gasteiger partial charge in [-0.2, -0.15) is 4.99 Å². The predicted octanol–water partition coefficient (Wildman–Crippen LogP) is 4.28. The predicted molar refractivity (Wildman–Crippen MR) is 122 cm³/mol. The third-order valence-corrected chi connectivity index (χ3v) is 8.47. The molecule has 2 heterocycles. The van der Waals surface area contributed by atoms with Crippen LogP contribution in [0.3, 0.4) is 0 Å². The summed E-state index contributed by atoms with van der Waals surface area (Å²) in [6.45, 7) is 1.96. The van der Waals surface area contributed by atoms with Crippen molar-refractivity contribution >= 4 is 61.6 Å². The summed E-state index contributed by atoms with van der Waals surface area (Å²) in [5.74, 6) is 0.373. The van der Waals surface area contributed by atoms with Crippen LogP contribution in [0.25, 0.3) is 0 Å². The lowest BCUT2D eigenvalue weighted by molar-refractivity contribution is -0.115. The zero-order valence-electron chi connectivity index (χ0n) is 15.9. The van der Waals surface area contributed by atoms with E-state index >= 15 is 0 Å². The molecule has 0 saturated carbocycles. The topological polar surface area (TPSA) is 76.0 Å². The maximum Gasteiger partial charge on any atom is 0.262 e.